The van der Waals surface area contributed by atoms with Crippen molar-refractivity contribution in [2.24, 2.45) is 5.92 Å². The second kappa shape index (κ2) is 9.78. The molecule has 1 amide bonds. The van der Waals surface area contributed by atoms with Gasteiger partial charge < -0.3 is 20.1 Å². The zero-order chi connectivity index (χ0) is 21.8. The number of rotatable bonds is 8. The lowest BCUT2D eigenvalue weighted by atomic mass is 9.74. The van der Waals surface area contributed by atoms with Crippen LogP contribution in [0.2, 0.25) is 0 Å². The van der Waals surface area contributed by atoms with Crippen molar-refractivity contribution in [3.63, 3.8) is 0 Å². The molecule has 31 heavy (non-hydrogen) atoms. The molecule has 0 aliphatic carbocycles. The Bertz CT molecular complexity index is 940. The van der Waals surface area contributed by atoms with Crippen molar-refractivity contribution in [3.05, 3.63) is 47.9 Å². The molecule has 3 aliphatic rings. The van der Waals surface area contributed by atoms with Crippen LogP contribution in [-0.4, -0.2) is 59.0 Å². The molecule has 0 radical (unpaired) electrons. The number of nitrogens with zero attached hydrogens (tertiary/aromatic N) is 2. The van der Waals surface area contributed by atoms with Crippen LogP contribution in [-0.2, 0) is 9.59 Å². The summed E-state index contributed by atoms with van der Waals surface area (Å²) in [6.45, 7) is 4.74. The number of hydrogen-bond donors (Lipinski definition) is 2. The minimum Gasteiger partial charge on any atom is -0.549 e. The van der Waals surface area contributed by atoms with E-state index in [1.54, 1.807) is 0 Å². The number of piperidine rings is 3. The van der Waals surface area contributed by atoms with Crippen molar-refractivity contribution in [3.8, 4) is 11.3 Å². The van der Waals surface area contributed by atoms with Gasteiger partial charge in [0.1, 0.15) is 11.9 Å². The summed E-state index contributed by atoms with van der Waals surface area (Å²) in [5.41, 5.74) is 3.22. The Morgan fingerprint density at radius 2 is 2.03 bits per heavy atom. The Hall–Kier alpha value is -2.45. The fraction of sp³-hybridized carbons (Fsp3) is 0.478. The van der Waals surface area contributed by atoms with Crippen LogP contribution in [0, 0.1) is 12.8 Å². The minimum absolute atomic E-state index is 0.108. The minimum atomic E-state index is -1.14. The van der Waals surface area contributed by atoms with Crippen LogP contribution in [0.5, 0.6) is 0 Å². The number of amides is 1. The smallest absolute Gasteiger partial charge is 0.230 e. The van der Waals surface area contributed by atoms with E-state index in [0.717, 1.165) is 54.0 Å². The summed E-state index contributed by atoms with van der Waals surface area (Å²) in [5.74, 6) is 0.540. The summed E-state index contributed by atoms with van der Waals surface area (Å²) in [5, 5.41) is 13.5. The molecule has 0 spiro atoms. The SMILES string of the molecule is Cc1nc(-c2ccccc2)cc([C@H]2C[NH+]3CC[C@H]2C[C@@H]3CNC(=O)CSCC(=O)[O-])n1. The maximum Gasteiger partial charge on any atom is 0.230 e. The highest BCUT2D eigenvalue weighted by Crippen LogP contribution is 2.34. The van der Waals surface area contributed by atoms with Gasteiger partial charge in [-0.2, -0.15) is 0 Å². The molecule has 8 heteroatoms. The molecule has 0 saturated carbocycles. The highest BCUT2D eigenvalue weighted by atomic mass is 32.2. The number of hydrogen-bond acceptors (Lipinski definition) is 6. The van der Waals surface area contributed by atoms with E-state index in [1.807, 2.05) is 25.1 Å². The van der Waals surface area contributed by atoms with Gasteiger partial charge in [0.2, 0.25) is 5.91 Å². The van der Waals surface area contributed by atoms with Gasteiger partial charge in [-0.25, -0.2) is 9.97 Å². The molecule has 5 rings (SSSR count). The molecule has 1 aromatic heterocycles. The van der Waals surface area contributed by atoms with E-state index < -0.39 is 5.97 Å². The van der Waals surface area contributed by atoms with Crippen LogP contribution < -0.4 is 15.3 Å². The molecule has 1 aromatic carbocycles. The molecule has 2 N–H and O–H groups in total. The Labute approximate surface area is 186 Å². The summed E-state index contributed by atoms with van der Waals surface area (Å²) >= 11 is 1.07. The molecule has 3 aliphatic heterocycles. The van der Waals surface area contributed by atoms with Crippen molar-refractivity contribution >= 4 is 23.6 Å². The number of carbonyl (C=O) groups is 2. The number of carboxylic acid groups (broad SMARTS) is 1. The van der Waals surface area contributed by atoms with Crippen LogP contribution in [0.3, 0.4) is 0 Å². The number of aromatic nitrogens is 2. The van der Waals surface area contributed by atoms with Gasteiger partial charge >= 0.3 is 0 Å². The Balaban J connectivity index is 1.38. The predicted molar refractivity (Wildman–Crippen MR) is 117 cm³/mol. The Kier molecular flexibility index (Phi) is 6.87. The molecule has 164 valence electrons. The Morgan fingerprint density at radius 3 is 2.74 bits per heavy atom. The van der Waals surface area contributed by atoms with Gasteiger partial charge in [0, 0.05) is 24.2 Å². The number of benzene rings is 1. The van der Waals surface area contributed by atoms with E-state index in [9.17, 15) is 14.7 Å². The number of thioether (sulfide) groups is 1. The van der Waals surface area contributed by atoms with E-state index in [0.29, 0.717) is 24.4 Å². The summed E-state index contributed by atoms with van der Waals surface area (Å²) in [7, 11) is 0. The van der Waals surface area contributed by atoms with Gasteiger partial charge in [-0.3, -0.25) is 4.79 Å². The predicted octanol–water partition coefficient (Wildman–Crippen LogP) is -0.188. The van der Waals surface area contributed by atoms with E-state index >= 15 is 0 Å². The van der Waals surface area contributed by atoms with Crippen molar-refractivity contribution in [2.45, 2.75) is 31.7 Å². The lowest BCUT2D eigenvalue weighted by Gasteiger charge is -2.46. The molecule has 4 heterocycles. The molecule has 3 saturated heterocycles. The number of carboxylic acids is 1. The highest BCUT2D eigenvalue weighted by molar-refractivity contribution is 8.00. The number of aliphatic carboxylic acids is 1. The molecular formula is C23H28N4O3S. The van der Waals surface area contributed by atoms with Crippen LogP contribution >= 0.6 is 11.8 Å². The average Bonchev–Trinajstić information content (AvgIpc) is 2.78. The first-order valence-electron chi connectivity index (χ1n) is 10.8. The van der Waals surface area contributed by atoms with Crippen molar-refractivity contribution in [1.82, 2.24) is 15.3 Å². The molecule has 4 atom stereocenters. The third-order valence-corrected chi connectivity index (χ3v) is 7.26. The third-order valence-electron chi connectivity index (χ3n) is 6.36. The van der Waals surface area contributed by atoms with Gasteiger partial charge in [-0.05, 0) is 18.9 Å². The monoisotopic (exact) mass is 440 g/mol. The van der Waals surface area contributed by atoms with E-state index in [4.69, 9.17) is 4.98 Å². The first-order valence-corrected chi connectivity index (χ1v) is 11.9. The topological polar surface area (TPSA) is 99.5 Å². The fourth-order valence-corrected chi connectivity index (χ4v) is 5.49. The quantitative estimate of drug-likeness (QED) is 0.591. The molecule has 7 nitrogen and oxygen atoms in total. The lowest BCUT2D eigenvalue weighted by Crippen LogP contribution is -3.20. The van der Waals surface area contributed by atoms with Crippen molar-refractivity contribution in [1.29, 1.82) is 0 Å². The maximum absolute atomic E-state index is 12.0. The standard InChI is InChI=1S/C23H28N4O3S/c1-15-25-20(16-5-3-2-4-6-16)10-21(26-15)19-12-27-8-7-17(19)9-18(27)11-24-22(28)13-31-14-23(29)30/h2-6,10,17-19H,7-9,11-14H2,1H3,(H,24,28)(H,29,30)/t17-,18+,19-/m0/s1. The first kappa shape index (κ1) is 21.8. The molecule has 2 bridgehead atoms. The van der Waals surface area contributed by atoms with Gasteiger partial charge in [0.25, 0.3) is 0 Å². The summed E-state index contributed by atoms with van der Waals surface area (Å²) in [4.78, 5) is 33.4. The maximum atomic E-state index is 12.0. The summed E-state index contributed by atoms with van der Waals surface area (Å²) in [6.07, 6.45) is 2.24. The Morgan fingerprint density at radius 1 is 1.23 bits per heavy atom. The van der Waals surface area contributed by atoms with Crippen LogP contribution in [0.25, 0.3) is 11.3 Å². The van der Waals surface area contributed by atoms with E-state index in [-0.39, 0.29) is 17.4 Å². The highest BCUT2D eigenvalue weighted by Gasteiger charge is 2.44. The second-order valence-corrected chi connectivity index (χ2v) is 9.45. The zero-order valence-corrected chi connectivity index (χ0v) is 18.5. The van der Waals surface area contributed by atoms with E-state index in [1.165, 1.54) is 11.3 Å². The number of aryl methyl sites for hydroxylation is 1. The van der Waals surface area contributed by atoms with Gasteiger partial charge in [0.05, 0.1) is 48.7 Å². The number of carbonyl (C=O) groups excluding carboxylic acids is 2. The number of nitrogens with one attached hydrogen (secondary N) is 2. The van der Waals surface area contributed by atoms with Gasteiger partial charge in [-0.1, -0.05) is 30.3 Å². The third kappa shape index (κ3) is 5.43. The van der Waals surface area contributed by atoms with Crippen LogP contribution in [0.4, 0.5) is 0 Å². The average molecular weight is 441 g/mol. The van der Waals surface area contributed by atoms with Crippen molar-refractivity contribution in [2.75, 3.05) is 31.1 Å². The van der Waals surface area contributed by atoms with Crippen LogP contribution in [0.15, 0.2) is 36.4 Å². The molecule has 2 aromatic rings. The van der Waals surface area contributed by atoms with Crippen molar-refractivity contribution < 1.29 is 19.6 Å². The second-order valence-electron chi connectivity index (χ2n) is 8.46. The zero-order valence-electron chi connectivity index (χ0n) is 17.7. The van der Waals surface area contributed by atoms with Gasteiger partial charge in [0.15, 0.2) is 0 Å². The molecule has 1 unspecified atom stereocenters. The van der Waals surface area contributed by atoms with Crippen LogP contribution in [0.1, 0.15) is 30.3 Å². The normalized spacial score (nSPS) is 24.7. The number of quaternary nitrogens is 1. The van der Waals surface area contributed by atoms with E-state index in [2.05, 4.69) is 28.5 Å². The van der Waals surface area contributed by atoms with Gasteiger partial charge in [-0.15, -0.1) is 11.8 Å². The summed E-state index contributed by atoms with van der Waals surface area (Å²) in [6, 6.07) is 12.8. The first-order chi connectivity index (χ1) is 15.0. The molecular weight excluding hydrogens is 412 g/mol. The lowest BCUT2D eigenvalue weighted by molar-refractivity contribution is -0.942. The number of fused-ring (bicyclic) bond motifs is 3. The molecule has 3 fully saturated rings. The summed E-state index contributed by atoms with van der Waals surface area (Å²) < 4.78 is 0. The fourth-order valence-electron chi connectivity index (χ4n) is 4.93. The largest absolute Gasteiger partial charge is 0.549 e.